The van der Waals surface area contributed by atoms with Crippen molar-refractivity contribution in [1.82, 2.24) is 30.2 Å². The molecule has 9 heteroatoms. The number of fused-ring (bicyclic) bond motifs is 2. The first-order chi connectivity index (χ1) is 18.1. The number of pyridine rings is 1. The fraction of sp³-hybridized carbons (Fsp3) is 0.0714. The lowest BCUT2D eigenvalue weighted by molar-refractivity contribution is 0.0950. The number of phenolic OH excluding ortho intramolecular Hbond substituents is 1. The molecule has 0 saturated heterocycles. The molecule has 0 atom stereocenters. The molecular formula is C28H23N7O2. The predicted molar refractivity (Wildman–Crippen MR) is 143 cm³/mol. The molecule has 9 nitrogen and oxygen atoms in total. The first kappa shape index (κ1) is 22.3. The number of nitrogens with one attached hydrogen (secondary N) is 4. The van der Waals surface area contributed by atoms with Gasteiger partial charge < -0.3 is 25.7 Å². The minimum atomic E-state index is -0.180. The van der Waals surface area contributed by atoms with Gasteiger partial charge in [-0.15, -0.1) is 0 Å². The van der Waals surface area contributed by atoms with E-state index in [1.54, 1.807) is 30.7 Å². The number of hydrogen-bond donors (Lipinski definition) is 5. The summed E-state index contributed by atoms with van der Waals surface area (Å²) < 4.78 is 0. The van der Waals surface area contributed by atoms with Crippen molar-refractivity contribution in [3.8, 4) is 17.0 Å². The normalized spacial score (nSPS) is 11.1. The molecule has 6 aromatic rings. The number of benzene rings is 2. The summed E-state index contributed by atoms with van der Waals surface area (Å²) in [6.45, 7) is 0.466. The first-order valence-corrected chi connectivity index (χ1v) is 11.8. The van der Waals surface area contributed by atoms with Crippen LogP contribution in [-0.4, -0.2) is 42.5 Å². The Balaban J connectivity index is 1.13. The van der Waals surface area contributed by atoms with Gasteiger partial charge in [-0.1, -0.05) is 0 Å². The highest BCUT2D eigenvalue weighted by Gasteiger charge is 2.11. The standard InChI is InChI=1S/C28H23N7O2/c36-21-4-6-25-22(14-21)17(16-32-25)7-10-30-27(37)26-13-19-12-20(3-5-23(19)34-26)33-28-31-11-8-24(35-28)18-2-1-9-29-15-18/h1-6,8-9,11-16,32,34,36H,7,10H2,(H,30,37)(H,31,33,35). The zero-order chi connectivity index (χ0) is 25.2. The van der Waals surface area contributed by atoms with Crippen LogP contribution in [0.1, 0.15) is 16.1 Å². The third kappa shape index (κ3) is 4.70. The summed E-state index contributed by atoms with van der Waals surface area (Å²) in [5, 5.41) is 17.8. The number of aromatic hydroxyl groups is 1. The SMILES string of the molecule is O=C(NCCc1c[nH]c2ccc(O)cc12)c1cc2cc(Nc3nccc(-c4cccnc4)n3)ccc2[nH]1. The van der Waals surface area contributed by atoms with Crippen molar-refractivity contribution in [1.29, 1.82) is 0 Å². The molecule has 0 fully saturated rings. The van der Waals surface area contributed by atoms with Crippen molar-refractivity contribution in [3.63, 3.8) is 0 Å². The van der Waals surface area contributed by atoms with E-state index < -0.39 is 0 Å². The lowest BCUT2D eigenvalue weighted by Gasteiger charge is -2.06. The van der Waals surface area contributed by atoms with Crippen molar-refractivity contribution in [2.24, 2.45) is 0 Å². The number of amides is 1. The summed E-state index contributed by atoms with van der Waals surface area (Å²) in [5.74, 6) is 0.512. The van der Waals surface area contributed by atoms with Gasteiger partial charge in [0.15, 0.2) is 0 Å². The van der Waals surface area contributed by atoms with Crippen LogP contribution in [-0.2, 0) is 6.42 Å². The Morgan fingerprint density at radius 1 is 1.00 bits per heavy atom. The van der Waals surface area contributed by atoms with E-state index in [0.29, 0.717) is 24.6 Å². The van der Waals surface area contributed by atoms with Gasteiger partial charge in [-0.25, -0.2) is 9.97 Å². The number of carbonyl (C=O) groups excluding carboxylic acids is 1. The molecule has 37 heavy (non-hydrogen) atoms. The van der Waals surface area contributed by atoms with E-state index in [0.717, 1.165) is 44.3 Å². The Bertz CT molecular complexity index is 1720. The van der Waals surface area contributed by atoms with Gasteiger partial charge in [0.2, 0.25) is 5.95 Å². The molecule has 0 radical (unpaired) electrons. The summed E-state index contributed by atoms with van der Waals surface area (Å²) in [7, 11) is 0. The van der Waals surface area contributed by atoms with Crippen molar-refractivity contribution in [2.75, 3.05) is 11.9 Å². The molecule has 4 aromatic heterocycles. The number of phenols is 1. The molecule has 4 heterocycles. The second kappa shape index (κ2) is 9.46. The number of carbonyl (C=O) groups is 1. The summed E-state index contributed by atoms with van der Waals surface area (Å²) in [4.78, 5) is 32.2. The summed E-state index contributed by atoms with van der Waals surface area (Å²) in [5.41, 5.74) is 5.82. The Labute approximate surface area is 211 Å². The largest absolute Gasteiger partial charge is 0.508 e. The average Bonchev–Trinajstić information content (AvgIpc) is 3.53. The molecule has 0 unspecified atom stereocenters. The van der Waals surface area contributed by atoms with Crippen molar-refractivity contribution in [2.45, 2.75) is 6.42 Å². The van der Waals surface area contributed by atoms with E-state index in [4.69, 9.17) is 0 Å². The zero-order valence-corrected chi connectivity index (χ0v) is 19.7. The highest BCUT2D eigenvalue weighted by Crippen LogP contribution is 2.24. The van der Waals surface area contributed by atoms with Crippen LogP contribution in [0.5, 0.6) is 5.75 Å². The van der Waals surface area contributed by atoms with Crippen molar-refractivity contribution < 1.29 is 9.90 Å². The monoisotopic (exact) mass is 489 g/mol. The van der Waals surface area contributed by atoms with Crippen LogP contribution in [0.4, 0.5) is 11.6 Å². The maximum Gasteiger partial charge on any atom is 0.267 e. The van der Waals surface area contributed by atoms with Gasteiger partial charge in [-0.2, -0.15) is 0 Å². The smallest absolute Gasteiger partial charge is 0.267 e. The Kier molecular flexibility index (Phi) is 5.70. The highest BCUT2D eigenvalue weighted by atomic mass is 16.3. The molecule has 0 bridgehead atoms. The van der Waals surface area contributed by atoms with E-state index in [1.165, 1.54) is 0 Å². The van der Waals surface area contributed by atoms with Gasteiger partial charge in [-0.3, -0.25) is 9.78 Å². The van der Waals surface area contributed by atoms with Gasteiger partial charge in [0.1, 0.15) is 11.4 Å². The lowest BCUT2D eigenvalue weighted by Crippen LogP contribution is -2.25. The molecule has 0 saturated carbocycles. The first-order valence-electron chi connectivity index (χ1n) is 11.8. The number of anilines is 2. The number of nitrogens with zero attached hydrogens (tertiary/aromatic N) is 3. The predicted octanol–water partition coefficient (Wildman–Crippen LogP) is 4.92. The van der Waals surface area contributed by atoms with E-state index in [-0.39, 0.29) is 11.7 Å². The average molecular weight is 490 g/mol. The molecule has 2 aromatic carbocycles. The van der Waals surface area contributed by atoms with E-state index in [1.807, 2.05) is 54.7 Å². The Hall–Kier alpha value is -5.18. The summed E-state index contributed by atoms with van der Waals surface area (Å²) in [6.07, 6.45) is 7.73. The lowest BCUT2D eigenvalue weighted by atomic mass is 10.1. The molecular weight excluding hydrogens is 466 g/mol. The van der Waals surface area contributed by atoms with Crippen LogP contribution < -0.4 is 10.6 Å². The van der Waals surface area contributed by atoms with Crippen molar-refractivity contribution in [3.05, 3.63) is 96.7 Å². The van der Waals surface area contributed by atoms with Crippen molar-refractivity contribution >= 4 is 39.3 Å². The summed E-state index contributed by atoms with van der Waals surface area (Å²) >= 11 is 0. The van der Waals surface area contributed by atoms with Crippen LogP contribution >= 0.6 is 0 Å². The number of H-pyrrole nitrogens is 2. The van der Waals surface area contributed by atoms with Crippen LogP contribution in [0.3, 0.4) is 0 Å². The third-order valence-electron chi connectivity index (χ3n) is 6.17. The molecule has 0 aliphatic rings. The summed E-state index contributed by atoms with van der Waals surface area (Å²) in [6, 6.07) is 18.5. The molecule has 5 N–H and O–H groups in total. The number of aromatic nitrogens is 5. The van der Waals surface area contributed by atoms with Gasteiger partial charge >= 0.3 is 0 Å². The van der Waals surface area contributed by atoms with E-state index >= 15 is 0 Å². The second-order valence-electron chi connectivity index (χ2n) is 8.67. The van der Waals surface area contributed by atoms with Gasteiger partial charge in [0.25, 0.3) is 5.91 Å². The fourth-order valence-electron chi connectivity index (χ4n) is 4.33. The third-order valence-corrected chi connectivity index (χ3v) is 6.17. The van der Waals surface area contributed by atoms with Crippen LogP contribution in [0.15, 0.2) is 85.5 Å². The van der Waals surface area contributed by atoms with Gasteiger partial charge in [0, 0.05) is 64.4 Å². The van der Waals surface area contributed by atoms with Gasteiger partial charge in [0.05, 0.1) is 5.69 Å². The zero-order valence-electron chi connectivity index (χ0n) is 19.7. The molecule has 0 aliphatic heterocycles. The van der Waals surface area contributed by atoms with E-state index in [2.05, 4.69) is 35.6 Å². The minimum absolute atomic E-state index is 0.180. The van der Waals surface area contributed by atoms with Crippen LogP contribution in [0.25, 0.3) is 33.1 Å². The molecule has 6 rings (SSSR count). The number of aromatic amines is 2. The quantitative estimate of drug-likeness (QED) is 0.216. The van der Waals surface area contributed by atoms with E-state index in [9.17, 15) is 9.90 Å². The second-order valence-corrected chi connectivity index (χ2v) is 8.67. The Morgan fingerprint density at radius 3 is 2.81 bits per heavy atom. The Morgan fingerprint density at radius 2 is 1.92 bits per heavy atom. The molecule has 0 spiro atoms. The number of rotatable bonds is 7. The van der Waals surface area contributed by atoms with Crippen LogP contribution in [0, 0.1) is 0 Å². The molecule has 1 amide bonds. The number of hydrogen-bond acceptors (Lipinski definition) is 6. The van der Waals surface area contributed by atoms with Crippen LogP contribution in [0.2, 0.25) is 0 Å². The fourth-order valence-corrected chi connectivity index (χ4v) is 4.33. The maximum absolute atomic E-state index is 12.8. The minimum Gasteiger partial charge on any atom is -0.508 e. The highest BCUT2D eigenvalue weighted by molar-refractivity contribution is 5.98. The maximum atomic E-state index is 12.8. The van der Waals surface area contributed by atoms with Gasteiger partial charge in [-0.05, 0) is 72.6 Å². The molecule has 182 valence electrons. The topological polar surface area (TPSA) is 132 Å². The molecule has 0 aliphatic carbocycles.